The number of benzene rings is 1. The topological polar surface area (TPSA) is 62.3 Å². The molecule has 19 heavy (non-hydrogen) atoms. The van der Waals surface area contributed by atoms with Crippen molar-refractivity contribution in [3.63, 3.8) is 0 Å². The highest BCUT2D eigenvalue weighted by Crippen LogP contribution is 2.31. The van der Waals surface area contributed by atoms with Gasteiger partial charge in [0.15, 0.2) is 11.5 Å². The molecule has 1 heterocycles. The molecule has 1 aromatic carbocycles. The van der Waals surface area contributed by atoms with Crippen molar-refractivity contribution >= 4 is 0 Å². The first kappa shape index (κ1) is 13.4. The molecule has 0 radical (unpaired) electrons. The van der Waals surface area contributed by atoms with E-state index >= 15 is 0 Å². The average Bonchev–Trinajstić information content (AvgIpc) is 2.93. The Morgan fingerprint density at radius 2 is 2.21 bits per heavy atom. The first-order valence-electron chi connectivity index (χ1n) is 6.31. The summed E-state index contributed by atoms with van der Waals surface area (Å²) in [6.45, 7) is 1.83. The van der Waals surface area contributed by atoms with Crippen molar-refractivity contribution in [1.82, 2.24) is 9.78 Å². The predicted octanol–water partition coefficient (Wildman–Crippen LogP) is 1.47. The molecule has 2 N–H and O–H groups in total. The maximum Gasteiger partial charge on any atom is 0.164 e. The van der Waals surface area contributed by atoms with Crippen molar-refractivity contribution in [3.05, 3.63) is 42.2 Å². The van der Waals surface area contributed by atoms with Crippen LogP contribution in [0.3, 0.4) is 0 Å². The van der Waals surface area contributed by atoms with Crippen LogP contribution in [0.25, 0.3) is 0 Å². The summed E-state index contributed by atoms with van der Waals surface area (Å²) in [5.41, 5.74) is 6.69. The third-order valence-electron chi connectivity index (χ3n) is 2.82. The van der Waals surface area contributed by atoms with Gasteiger partial charge in [-0.3, -0.25) is 4.68 Å². The number of hydrogen-bond acceptors (Lipinski definition) is 4. The summed E-state index contributed by atoms with van der Waals surface area (Å²) in [4.78, 5) is 0. The van der Waals surface area contributed by atoms with E-state index in [4.69, 9.17) is 15.2 Å². The highest BCUT2D eigenvalue weighted by atomic mass is 16.5. The molecule has 0 aliphatic carbocycles. The molecule has 0 amide bonds. The number of nitrogens with two attached hydrogens (primary N) is 1. The van der Waals surface area contributed by atoms with Gasteiger partial charge in [0.1, 0.15) is 6.61 Å². The minimum absolute atomic E-state index is 0.541. The summed E-state index contributed by atoms with van der Waals surface area (Å²) in [6.07, 6.45) is 4.43. The standard InChI is InChI=1S/C14H19N3O2/c1-18-13-5-2-4-12(6-7-15)14(13)19-11-10-17-9-3-8-16-17/h2-5,8-9H,6-7,10-11,15H2,1H3. The zero-order valence-electron chi connectivity index (χ0n) is 11.1. The quantitative estimate of drug-likeness (QED) is 0.820. The molecular weight excluding hydrogens is 242 g/mol. The minimum Gasteiger partial charge on any atom is -0.493 e. The smallest absolute Gasteiger partial charge is 0.164 e. The number of methoxy groups -OCH3 is 1. The van der Waals surface area contributed by atoms with Crippen LogP contribution < -0.4 is 15.2 Å². The van der Waals surface area contributed by atoms with Gasteiger partial charge in [-0.05, 0) is 30.7 Å². The van der Waals surface area contributed by atoms with E-state index in [-0.39, 0.29) is 0 Å². The minimum atomic E-state index is 0.541. The second kappa shape index (κ2) is 6.80. The molecule has 0 fully saturated rings. The second-order valence-electron chi connectivity index (χ2n) is 4.10. The van der Waals surface area contributed by atoms with Crippen LogP contribution in [0.5, 0.6) is 11.5 Å². The monoisotopic (exact) mass is 261 g/mol. The molecule has 0 bridgehead atoms. The number of para-hydroxylation sites is 1. The van der Waals surface area contributed by atoms with Gasteiger partial charge in [-0.25, -0.2) is 0 Å². The Bertz CT molecular complexity index is 497. The lowest BCUT2D eigenvalue weighted by Crippen LogP contribution is -2.11. The maximum absolute atomic E-state index is 5.84. The lowest BCUT2D eigenvalue weighted by Gasteiger charge is -2.14. The summed E-state index contributed by atoms with van der Waals surface area (Å²) < 4.78 is 13.0. The molecule has 0 aliphatic heterocycles. The van der Waals surface area contributed by atoms with Crippen molar-refractivity contribution in [2.75, 3.05) is 20.3 Å². The van der Waals surface area contributed by atoms with Gasteiger partial charge in [0.25, 0.3) is 0 Å². The van der Waals surface area contributed by atoms with E-state index in [1.54, 1.807) is 13.3 Å². The highest BCUT2D eigenvalue weighted by Gasteiger charge is 2.09. The Balaban J connectivity index is 2.04. The SMILES string of the molecule is COc1cccc(CCN)c1OCCn1cccn1. The normalized spacial score (nSPS) is 10.4. The Labute approximate surface area is 112 Å². The molecule has 5 heteroatoms. The molecule has 0 unspecified atom stereocenters. The number of ether oxygens (including phenoxy) is 2. The zero-order chi connectivity index (χ0) is 13.5. The van der Waals surface area contributed by atoms with Gasteiger partial charge in [0.05, 0.1) is 13.7 Å². The lowest BCUT2D eigenvalue weighted by molar-refractivity contribution is 0.271. The van der Waals surface area contributed by atoms with Crippen LogP contribution in [0.4, 0.5) is 0 Å². The van der Waals surface area contributed by atoms with Gasteiger partial charge < -0.3 is 15.2 Å². The average molecular weight is 261 g/mol. The summed E-state index contributed by atoms with van der Waals surface area (Å²) in [5.74, 6) is 1.52. The van der Waals surface area contributed by atoms with E-state index in [1.165, 1.54) is 0 Å². The Morgan fingerprint density at radius 3 is 2.89 bits per heavy atom. The third kappa shape index (κ3) is 3.48. The fourth-order valence-electron chi connectivity index (χ4n) is 1.91. The van der Waals surface area contributed by atoms with E-state index in [1.807, 2.05) is 35.1 Å². The first-order valence-corrected chi connectivity index (χ1v) is 6.31. The van der Waals surface area contributed by atoms with Gasteiger partial charge in [-0.2, -0.15) is 5.10 Å². The number of rotatable bonds is 7. The summed E-state index contributed by atoms with van der Waals surface area (Å²) in [6, 6.07) is 7.75. The Hall–Kier alpha value is -2.01. The molecule has 0 spiro atoms. The molecule has 5 nitrogen and oxygen atoms in total. The van der Waals surface area contributed by atoms with E-state index in [2.05, 4.69) is 5.10 Å². The molecule has 2 aromatic rings. The number of aromatic nitrogens is 2. The fraction of sp³-hybridized carbons (Fsp3) is 0.357. The highest BCUT2D eigenvalue weighted by molar-refractivity contribution is 5.46. The molecule has 0 atom stereocenters. The second-order valence-corrected chi connectivity index (χ2v) is 4.10. The summed E-state index contributed by atoms with van der Waals surface area (Å²) >= 11 is 0. The van der Waals surface area contributed by atoms with E-state index in [0.717, 1.165) is 23.5 Å². The molecule has 102 valence electrons. The van der Waals surface area contributed by atoms with E-state index in [9.17, 15) is 0 Å². The fourth-order valence-corrected chi connectivity index (χ4v) is 1.91. The molecule has 0 saturated heterocycles. The van der Waals surface area contributed by atoms with E-state index in [0.29, 0.717) is 19.7 Å². The molecular formula is C14H19N3O2. The summed E-state index contributed by atoms with van der Waals surface area (Å²) in [7, 11) is 1.64. The molecule has 2 rings (SSSR count). The first-order chi connectivity index (χ1) is 9.35. The molecule has 0 aliphatic rings. The van der Waals surface area contributed by atoms with Crippen molar-refractivity contribution in [2.45, 2.75) is 13.0 Å². The van der Waals surface area contributed by atoms with Gasteiger partial charge in [0.2, 0.25) is 0 Å². The largest absolute Gasteiger partial charge is 0.493 e. The van der Waals surface area contributed by atoms with Crippen molar-refractivity contribution in [1.29, 1.82) is 0 Å². The van der Waals surface area contributed by atoms with Crippen LogP contribution in [0.1, 0.15) is 5.56 Å². The van der Waals surface area contributed by atoms with Gasteiger partial charge in [-0.1, -0.05) is 12.1 Å². The van der Waals surface area contributed by atoms with Crippen molar-refractivity contribution in [3.8, 4) is 11.5 Å². The molecule has 1 aromatic heterocycles. The maximum atomic E-state index is 5.84. The Morgan fingerprint density at radius 1 is 1.32 bits per heavy atom. The molecule has 0 saturated carbocycles. The number of nitrogens with zero attached hydrogens (tertiary/aromatic N) is 2. The third-order valence-corrected chi connectivity index (χ3v) is 2.82. The van der Waals surface area contributed by atoms with Crippen molar-refractivity contribution in [2.24, 2.45) is 5.73 Å². The van der Waals surface area contributed by atoms with Gasteiger partial charge in [-0.15, -0.1) is 0 Å². The predicted molar refractivity (Wildman–Crippen MR) is 73.5 cm³/mol. The number of hydrogen-bond donors (Lipinski definition) is 1. The van der Waals surface area contributed by atoms with Gasteiger partial charge >= 0.3 is 0 Å². The van der Waals surface area contributed by atoms with Crippen LogP contribution in [-0.2, 0) is 13.0 Å². The summed E-state index contributed by atoms with van der Waals surface area (Å²) in [5, 5.41) is 4.13. The Kier molecular flexibility index (Phi) is 4.80. The van der Waals surface area contributed by atoms with E-state index < -0.39 is 0 Å². The van der Waals surface area contributed by atoms with Crippen LogP contribution in [-0.4, -0.2) is 30.0 Å². The van der Waals surface area contributed by atoms with Gasteiger partial charge in [0, 0.05) is 12.4 Å². The lowest BCUT2D eigenvalue weighted by atomic mass is 10.1. The van der Waals surface area contributed by atoms with Crippen molar-refractivity contribution < 1.29 is 9.47 Å². The zero-order valence-corrected chi connectivity index (χ0v) is 11.1. The van der Waals surface area contributed by atoms with Crippen LogP contribution in [0.2, 0.25) is 0 Å². The van der Waals surface area contributed by atoms with Crippen LogP contribution in [0, 0.1) is 0 Å². The van der Waals surface area contributed by atoms with Crippen LogP contribution >= 0.6 is 0 Å². The van der Waals surface area contributed by atoms with Crippen LogP contribution in [0.15, 0.2) is 36.7 Å².